The van der Waals surface area contributed by atoms with E-state index in [1.165, 1.54) is 0 Å². The lowest BCUT2D eigenvalue weighted by Gasteiger charge is -2.13. The van der Waals surface area contributed by atoms with Gasteiger partial charge in [-0.3, -0.25) is 9.00 Å². The molecule has 1 heterocycles. The van der Waals surface area contributed by atoms with Crippen molar-refractivity contribution in [3.05, 3.63) is 24.3 Å². The maximum atomic E-state index is 12.1. The zero-order valence-electron chi connectivity index (χ0n) is 11.5. The van der Waals surface area contributed by atoms with Crippen LogP contribution < -0.4 is 11.1 Å². The molecule has 1 aliphatic rings. The molecule has 3 unspecified atom stereocenters. The maximum Gasteiger partial charge on any atom is 0.225 e. The van der Waals surface area contributed by atoms with Gasteiger partial charge in [-0.15, -0.1) is 0 Å². The van der Waals surface area contributed by atoms with Gasteiger partial charge in [-0.2, -0.15) is 0 Å². The highest BCUT2D eigenvalue weighted by atomic mass is 32.2. The number of nitrogens with one attached hydrogen (secondary N) is 1. The molecule has 0 radical (unpaired) electrons. The molecule has 0 aromatic heterocycles. The number of rotatable bonds is 5. The van der Waals surface area contributed by atoms with Gasteiger partial charge in [0.1, 0.15) is 0 Å². The van der Waals surface area contributed by atoms with Gasteiger partial charge < -0.3 is 15.8 Å². The third-order valence-corrected chi connectivity index (χ3v) is 5.31. The molecule has 1 amide bonds. The minimum absolute atomic E-state index is 0.0173. The lowest BCUT2D eigenvalue weighted by atomic mass is 10.2. The van der Waals surface area contributed by atoms with Crippen LogP contribution in [0.1, 0.15) is 19.8 Å². The molecular weight excluding hydrogens is 276 g/mol. The average molecular weight is 296 g/mol. The van der Waals surface area contributed by atoms with Crippen LogP contribution in [0.2, 0.25) is 0 Å². The number of nitrogen functional groups attached to an aromatic ring is 1. The molecule has 20 heavy (non-hydrogen) atoms. The van der Waals surface area contributed by atoms with E-state index < -0.39 is 10.8 Å². The minimum atomic E-state index is -1.03. The van der Waals surface area contributed by atoms with E-state index in [2.05, 4.69) is 5.32 Å². The standard InChI is InChI=1S/C14H20N2O3S/c1-10-13(6-8-19-10)20(18)9-7-14(17)16-12-5-3-2-4-11(12)15/h2-5,10,13H,6-9,15H2,1H3,(H,16,17). The molecule has 0 bridgehead atoms. The summed E-state index contributed by atoms with van der Waals surface area (Å²) in [6.07, 6.45) is 1.05. The van der Waals surface area contributed by atoms with E-state index in [4.69, 9.17) is 10.5 Å². The molecule has 1 aromatic carbocycles. The summed E-state index contributed by atoms with van der Waals surface area (Å²) in [7, 11) is -1.03. The molecule has 110 valence electrons. The van der Waals surface area contributed by atoms with Crippen LogP contribution in [0.4, 0.5) is 11.4 Å². The summed E-state index contributed by atoms with van der Waals surface area (Å²) in [6, 6.07) is 7.09. The first kappa shape index (κ1) is 15.0. The molecular formula is C14H20N2O3S. The van der Waals surface area contributed by atoms with Crippen molar-refractivity contribution in [3.8, 4) is 0 Å². The summed E-state index contributed by atoms with van der Waals surface area (Å²) in [5.74, 6) is 0.194. The lowest BCUT2D eigenvalue weighted by Crippen LogP contribution is -2.26. The van der Waals surface area contributed by atoms with Crippen molar-refractivity contribution < 1.29 is 13.7 Å². The molecule has 1 saturated heterocycles. The van der Waals surface area contributed by atoms with Crippen LogP contribution >= 0.6 is 0 Å². The average Bonchev–Trinajstić information content (AvgIpc) is 2.85. The Morgan fingerprint density at radius 3 is 2.90 bits per heavy atom. The van der Waals surface area contributed by atoms with Gasteiger partial charge in [0.2, 0.25) is 5.91 Å². The van der Waals surface area contributed by atoms with Crippen molar-refractivity contribution in [1.82, 2.24) is 0 Å². The van der Waals surface area contributed by atoms with Gasteiger partial charge in [0, 0.05) is 29.6 Å². The molecule has 3 atom stereocenters. The summed E-state index contributed by atoms with van der Waals surface area (Å²) in [5.41, 5.74) is 6.88. The highest BCUT2D eigenvalue weighted by molar-refractivity contribution is 7.85. The molecule has 3 N–H and O–H groups in total. The SMILES string of the molecule is CC1OCCC1S(=O)CCC(=O)Nc1ccccc1N. The number of nitrogens with two attached hydrogens (primary N) is 1. The predicted molar refractivity (Wildman–Crippen MR) is 80.9 cm³/mol. The quantitative estimate of drug-likeness (QED) is 0.807. The number of hydrogen-bond donors (Lipinski definition) is 2. The Morgan fingerprint density at radius 1 is 1.50 bits per heavy atom. The second-order valence-corrected chi connectivity index (χ2v) is 6.65. The van der Waals surface area contributed by atoms with Crippen molar-refractivity contribution in [2.75, 3.05) is 23.4 Å². The van der Waals surface area contributed by atoms with Crippen LogP contribution in [-0.4, -0.2) is 33.8 Å². The van der Waals surface area contributed by atoms with E-state index >= 15 is 0 Å². The van der Waals surface area contributed by atoms with E-state index in [0.717, 1.165) is 6.42 Å². The highest BCUT2D eigenvalue weighted by Gasteiger charge is 2.29. The Bertz CT molecular complexity index is 507. The molecule has 0 spiro atoms. The van der Waals surface area contributed by atoms with Gasteiger partial charge in [0.05, 0.1) is 22.7 Å². The molecule has 5 nitrogen and oxygen atoms in total. The fraction of sp³-hybridized carbons (Fsp3) is 0.500. The van der Waals surface area contributed by atoms with Gasteiger partial charge in [-0.05, 0) is 25.5 Å². The van der Waals surface area contributed by atoms with Crippen LogP contribution in [0.5, 0.6) is 0 Å². The second kappa shape index (κ2) is 6.85. The number of amides is 1. The third kappa shape index (κ3) is 3.80. The number of hydrogen-bond acceptors (Lipinski definition) is 4. The van der Waals surface area contributed by atoms with Crippen LogP contribution in [0.15, 0.2) is 24.3 Å². The summed E-state index contributed by atoms with van der Waals surface area (Å²) in [5, 5.41) is 2.78. The fourth-order valence-corrected chi connectivity index (χ4v) is 3.78. The molecule has 1 aliphatic heterocycles. The lowest BCUT2D eigenvalue weighted by molar-refractivity contribution is -0.115. The van der Waals surface area contributed by atoms with Crippen molar-refractivity contribution in [2.45, 2.75) is 31.1 Å². The highest BCUT2D eigenvalue weighted by Crippen LogP contribution is 2.20. The zero-order chi connectivity index (χ0) is 14.5. The van der Waals surface area contributed by atoms with Crippen molar-refractivity contribution >= 4 is 28.1 Å². The van der Waals surface area contributed by atoms with Gasteiger partial charge >= 0.3 is 0 Å². The summed E-state index contributed by atoms with van der Waals surface area (Å²) < 4.78 is 17.5. The van der Waals surface area contributed by atoms with Gasteiger partial charge in [0.25, 0.3) is 0 Å². The van der Waals surface area contributed by atoms with Gasteiger partial charge in [-0.25, -0.2) is 0 Å². The Kier molecular flexibility index (Phi) is 5.14. The van der Waals surface area contributed by atoms with E-state index in [1.807, 2.05) is 19.1 Å². The molecule has 1 aromatic rings. The first-order valence-corrected chi connectivity index (χ1v) is 8.09. The third-order valence-electron chi connectivity index (χ3n) is 3.41. The topological polar surface area (TPSA) is 81.4 Å². The molecule has 6 heteroatoms. The predicted octanol–water partition coefficient (Wildman–Crippen LogP) is 1.52. The monoisotopic (exact) mass is 296 g/mol. The van der Waals surface area contributed by atoms with Crippen LogP contribution in [0, 0.1) is 0 Å². The number of carbonyl (C=O) groups excluding carboxylic acids is 1. The van der Waals surface area contributed by atoms with Gasteiger partial charge in [-0.1, -0.05) is 12.1 Å². The maximum absolute atomic E-state index is 12.1. The first-order chi connectivity index (χ1) is 9.58. The number of anilines is 2. The number of ether oxygens (including phenoxy) is 1. The Hall–Kier alpha value is -1.40. The van der Waals surface area contributed by atoms with Crippen molar-refractivity contribution in [2.24, 2.45) is 0 Å². The Morgan fingerprint density at radius 2 is 2.25 bits per heavy atom. The van der Waals surface area contributed by atoms with E-state index in [-0.39, 0.29) is 23.7 Å². The Labute approximate surface area is 121 Å². The smallest absolute Gasteiger partial charge is 0.225 e. The summed E-state index contributed by atoms with van der Waals surface area (Å²) >= 11 is 0. The molecule has 0 aliphatic carbocycles. The second-order valence-electron chi connectivity index (χ2n) is 4.87. The van der Waals surface area contributed by atoms with E-state index in [9.17, 15) is 9.00 Å². The zero-order valence-corrected chi connectivity index (χ0v) is 12.3. The fourth-order valence-electron chi connectivity index (χ4n) is 2.23. The number of benzene rings is 1. The largest absolute Gasteiger partial charge is 0.397 e. The first-order valence-electron chi connectivity index (χ1n) is 6.71. The summed E-state index contributed by atoms with van der Waals surface area (Å²) in [4.78, 5) is 11.8. The number of para-hydroxylation sites is 2. The summed E-state index contributed by atoms with van der Waals surface area (Å²) in [6.45, 7) is 2.59. The number of carbonyl (C=O) groups is 1. The normalized spacial score (nSPS) is 23.4. The van der Waals surface area contributed by atoms with Crippen LogP contribution in [0.25, 0.3) is 0 Å². The van der Waals surface area contributed by atoms with E-state index in [0.29, 0.717) is 23.7 Å². The van der Waals surface area contributed by atoms with Gasteiger partial charge in [0.15, 0.2) is 0 Å². The minimum Gasteiger partial charge on any atom is -0.397 e. The molecule has 2 rings (SSSR count). The van der Waals surface area contributed by atoms with E-state index in [1.54, 1.807) is 12.1 Å². The van der Waals surface area contributed by atoms with Crippen molar-refractivity contribution in [3.63, 3.8) is 0 Å². The van der Waals surface area contributed by atoms with Crippen LogP contribution in [0.3, 0.4) is 0 Å². The Balaban J connectivity index is 1.81. The molecule has 0 saturated carbocycles. The van der Waals surface area contributed by atoms with Crippen LogP contribution in [-0.2, 0) is 20.3 Å². The van der Waals surface area contributed by atoms with Crippen molar-refractivity contribution in [1.29, 1.82) is 0 Å². The molecule has 1 fully saturated rings.